The molecule has 1 unspecified atom stereocenters. The molecule has 0 bridgehead atoms. The van der Waals surface area contributed by atoms with Crippen LogP contribution in [0.3, 0.4) is 0 Å². The summed E-state index contributed by atoms with van der Waals surface area (Å²) in [7, 11) is 0. The van der Waals surface area contributed by atoms with Gasteiger partial charge in [-0.3, -0.25) is 9.48 Å². The number of amides is 1. The number of nitrogens with zero attached hydrogens (tertiary/aromatic N) is 2. The number of primary amides is 1. The van der Waals surface area contributed by atoms with Crippen LogP contribution in [0.15, 0.2) is 12.4 Å². The summed E-state index contributed by atoms with van der Waals surface area (Å²) >= 11 is 0. The van der Waals surface area contributed by atoms with Crippen molar-refractivity contribution in [1.82, 2.24) is 15.1 Å². The first-order valence-electron chi connectivity index (χ1n) is 5.69. The summed E-state index contributed by atoms with van der Waals surface area (Å²) in [4.78, 5) is 11.2. The Morgan fingerprint density at radius 3 is 3.00 bits per heavy atom. The van der Waals surface area contributed by atoms with Gasteiger partial charge in [-0.2, -0.15) is 5.10 Å². The highest BCUT2D eigenvalue weighted by molar-refractivity contribution is 5.79. The van der Waals surface area contributed by atoms with Crippen molar-refractivity contribution in [3.05, 3.63) is 18.0 Å². The molecule has 1 fully saturated rings. The van der Waals surface area contributed by atoms with E-state index in [4.69, 9.17) is 5.73 Å². The molecule has 1 aliphatic carbocycles. The molecule has 0 spiro atoms. The Hall–Kier alpha value is -1.36. The Labute approximate surface area is 95.0 Å². The lowest BCUT2D eigenvalue weighted by molar-refractivity contribution is -0.120. The molecule has 3 N–H and O–H groups in total. The average Bonchev–Trinajstić information content (AvgIpc) is 2.95. The molecule has 1 aromatic heterocycles. The maximum Gasteiger partial charge on any atom is 0.234 e. The molecule has 16 heavy (non-hydrogen) atoms. The second kappa shape index (κ2) is 4.65. The van der Waals surface area contributed by atoms with E-state index in [0.717, 1.165) is 24.9 Å². The van der Waals surface area contributed by atoms with Crippen LogP contribution in [0.2, 0.25) is 0 Å². The van der Waals surface area contributed by atoms with E-state index >= 15 is 0 Å². The van der Waals surface area contributed by atoms with Crippen LogP contribution >= 0.6 is 0 Å². The van der Waals surface area contributed by atoms with E-state index < -0.39 is 0 Å². The summed E-state index contributed by atoms with van der Waals surface area (Å²) in [6, 6.07) is 0.272. The molecule has 0 radical (unpaired) electrons. The van der Waals surface area contributed by atoms with Gasteiger partial charge in [0.1, 0.15) is 0 Å². The van der Waals surface area contributed by atoms with Crippen molar-refractivity contribution in [3.8, 4) is 0 Å². The molecule has 1 atom stereocenters. The predicted molar refractivity (Wildman–Crippen MR) is 60.7 cm³/mol. The lowest BCUT2D eigenvalue weighted by atomic mass is 10.2. The van der Waals surface area contributed by atoms with Gasteiger partial charge in [-0.1, -0.05) is 0 Å². The summed E-state index contributed by atoms with van der Waals surface area (Å²) < 4.78 is 1.85. The standard InChI is InChI=1S/C11H18N4O/c1-8-6-13-15(7-8)5-4-10(11(12)16)14-9-2-3-9/h6-7,9-10,14H,2-5H2,1H3,(H2,12,16). The van der Waals surface area contributed by atoms with Gasteiger partial charge in [0.05, 0.1) is 12.2 Å². The minimum atomic E-state index is -0.268. The quantitative estimate of drug-likeness (QED) is 0.721. The molecule has 0 saturated heterocycles. The summed E-state index contributed by atoms with van der Waals surface area (Å²) in [5.41, 5.74) is 6.48. The van der Waals surface area contributed by atoms with Gasteiger partial charge in [0.2, 0.25) is 5.91 Å². The minimum absolute atomic E-state index is 0.225. The second-order valence-electron chi connectivity index (χ2n) is 4.47. The molecule has 0 aromatic carbocycles. The van der Waals surface area contributed by atoms with Crippen molar-refractivity contribution in [3.63, 3.8) is 0 Å². The van der Waals surface area contributed by atoms with E-state index in [1.165, 1.54) is 0 Å². The van der Waals surface area contributed by atoms with E-state index in [0.29, 0.717) is 12.5 Å². The monoisotopic (exact) mass is 222 g/mol. The fourth-order valence-corrected chi connectivity index (χ4v) is 1.69. The molecule has 5 nitrogen and oxygen atoms in total. The molecule has 1 heterocycles. The van der Waals surface area contributed by atoms with Gasteiger partial charge in [-0.15, -0.1) is 0 Å². The molecule has 88 valence electrons. The van der Waals surface area contributed by atoms with Gasteiger partial charge in [0.15, 0.2) is 0 Å². The number of hydrogen-bond acceptors (Lipinski definition) is 3. The first-order valence-corrected chi connectivity index (χ1v) is 5.69. The van der Waals surface area contributed by atoms with Crippen LogP contribution < -0.4 is 11.1 Å². The molecule has 1 aliphatic rings. The zero-order chi connectivity index (χ0) is 11.5. The predicted octanol–water partition coefficient (Wildman–Crippen LogP) is 0.188. The number of aryl methyl sites for hydroxylation is 2. The van der Waals surface area contributed by atoms with Gasteiger partial charge < -0.3 is 11.1 Å². The molecule has 1 saturated carbocycles. The first-order chi connectivity index (χ1) is 7.65. The van der Waals surface area contributed by atoms with Crippen molar-refractivity contribution in [1.29, 1.82) is 0 Å². The fraction of sp³-hybridized carbons (Fsp3) is 0.636. The van der Waals surface area contributed by atoms with Crippen molar-refractivity contribution >= 4 is 5.91 Å². The molecule has 5 heteroatoms. The zero-order valence-corrected chi connectivity index (χ0v) is 9.52. The number of aromatic nitrogens is 2. The number of carbonyl (C=O) groups is 1. The van der Waals surface area contributed by atoms with Crippen molar-refractivity contribution in [2.45, 2.75) is 44.8 Å². The van der Waals surface area contributed by atoms with Crippen LogP contribution in [-0.2, 0) is 11.3 Å². The number of rotatable bonds is 6. The van der Waals surface area contributed by atoms with Crippen LogP contribution in [0, 0.1) is 6.92 Å². The summed E-state index contributed by atoms with van der Waals surface area (Å²) in [6.45, 7) is 2.72. The van der Waals surface area contributed by atoms with Gasteiger partial charge in [-0.25, -0.2) is 0 Å². The van der Waals surface area contributed by atoms with Crippen molar-refractivity contribution < 1.29 is 4.79 Å². The van der Waals surface area contributed by atoms with Crippen molar-refractivity contribution in [2.24, 2.45) is 5.73 Å². The Bertz CT molecular complexity index is 370. The second-order valence-corrected chi connectivity index (χ2v) is 4.47. The van der Waals surface area contributed by atoms with E-state index in [9.17, 15) is 4.79 Å². The summed E-state index contributed by atoms with van der Waals surface area (Å²) in [5.74, 6) is -0.268. The topological polar surface area (TPSA) is 72.9 Å². The Morgan fingerprint density at radius 1 is 1.75 bits per heavy atom. The molecule has 1 amide bonds. The number of nitrogens with one attached hydrogen (secondary N) is 1. The Balaban J connectivity index is 1.83. The average molecular weight is 222 g/mol. The summed E-state index contributed by atoms with van der Waals surface area (Å²) in [6.07, 6.45) is 6.80. The highest BCUT2D eigenvalue weighted by atomic mass is 16.1. The third kappa shape index (κ3) is 3.06. The smallest absolute Gasteiger partial charge is 0.234 e. The van der Waals surface area contributed by atoms with Crippen LogP contribution in [0.1, 0.15) is 24.8 Å². The van der Waals surface area contributed by atoms with E-state index in [1.807, 2.05) is 24.0 Å². The van der Waals surface area contributed by atoms with Gasteiger partial charge >= 0.3 is 0 Å². The van der Waals surface area contributed by atoms with E-state index in [2.05, 4.69) is 10.4 Å². The van der Waals surface area contributed by atoms with Crippen LogP contribution in [0.25, 0.3) is 0 Å². The number of nitrogens with two attached hydrogens (primary N) is 1. The number of hydrogen-bond donors (Lipinski definition) is 2. The molecular weight excluding hydrogens is 204 g/mol. The number of carbonyl (C=O) groups excluding carboxylic acids is 1. The Morgan fingerprint density at radius 2 is 2.50 bits per heavy atom. The van der Waals surface area contributed by atoms with Gasteiger partial charge in [0.25, 0.3) is 0 Å². The molecule has 0 aliphatic heterocycles. The third-order valence-electron chi connectivity index (χ3n) is 2.77. The van der Waals surface area contributed by atoms with Crippen LogP contribution in [0.5, 0.6) is 0 Å². The molecule has 1 aromatic rings. The van der Waals surface area contributed by atoms with Gasteiger partial charge in [0, 0.05) is 18.8 Å². The van der Waals surface area contributed by atoms with Crippen LogP contribution in [0.4, 0.5) is 0 Å². The molecule has 2 rings (SSSR count). The highest BCUT2D eigenvalue weighted by Crippen LogP contribution is 2.20. The molecular formula is C11H18N4O. The van der Waals surface area contributed by atoms with E-state index in [-0.39, 0.29) is 11.9 Å². The fourth-order valence-electron chi connectivity index (χ4n) is 1.69. The highest BCUT2D eigenvalue weighted by Gasteiger charge is 2.26. The Kier molecular flexibility index (Phi) is 3.24. The van der Waals surface area contributed by atoms with Crippen LogP contribution in [-0.4, -0.2) is 27.8 Å². The zero-order valence-electron chi connectivity index (χ0n) is 9.52. The summed E-state index contributed by atoms with van der Waals surface area (Å²) in [5, 5.41) is 7.43. The van der Waals surface area contributed by atoms with Crippen molar-refractivity contribution in [2.75, 3.05) is 0 Å². The lowest BCUT2D eigenvalue weighted by Crippen LogP contribution is -2.43. The largest absolute Gasteiger partial charge is 0.368 e. The lowest BCUT2D eigenvalue weighted by Gasteiger charge is -2.14. The minimum Gasteiger partial charge on any atom is -0.368 e. The normalized spacial score (nSPS) is 17.3. The van der Waals surface area contributed by atoms with E-state index in [1.54, 1.807) is 0 Å². The maximum atomic E-state index is 11.2. The SMILES string of the molecule is Cc1cnn(CCC(NC2CC2)C(N)=O)c1. The van der Waals surface area contributed by atoms with Gasteiger partial charge in [-0.05, 0) is 31.7 Å². The third-order valence-corrected chi connectivity index (χ3v) is 2.77. The first kappa shape index (κ1) is 11.1. The maximum absolute atomic E-state index is 11.2.